The van der Waals surface area contributed by atoms with Gasteiger partial charge in [-0.25, -0.2) is 17.5 Å². The van der Waals surface area contributed by atoms with Crippen LogP contribution in [0.2, 0.25) is 0 Å². The summed E-state index contributed by atoms with van der Waals surface area (Å²) in [6.07, 6.45) is 1.04. The number of benzene rings is 1. The molecule has 0 aliphatic carbocycles. The smallest absolute Gasteiger partial charge is 0.209 e. The maximum absolute atomic E-state index is 12.8. The highest BCUT2D eigenvalue weighted by Gasteiger charge is 2.02. The summed E-state index contributed by atoms with van der Waals surface area (Å²) in [7, 11) is -3.26. The van der Waals surface area contributed by atoms with Crippen molar-refractivity contribution >= 4 is 15.7 Å². The fourth-order valence-corrected chi connectivity index (χ4v) is 1.42. The molecule has 0 spiro atoms. The van der Waals surface area contributed by atoms with Gasteiger partial charge in [-0.2, -0.15) is 0 Å². The van der Waals surface area contributed by atoms with Gasteiger partial charge in [0.15, 0.2) is 0 Å². The van der Waals surface area contributed by atoms with Crippen molar-refractivity contribution in [3.05, 3.63) is 29.6 Å². The topological polar surface area (TPSA) is 72.2 Å². The maximum atomic E-state index is 12.8. The normalized spacial score (nSPS) is 11.6. The van der Waals surface area contributed by atoms with Crippen molar-refractivity contribution in [2.75, 3.05) is 12.0 Å². The quantitative estimate of drug-likeness (QED) is 0.724. The van der Waals surface area contributed by atoms with Gasteiger partial charge in [-0.3, -0.25) is 0 Å². The van der Waals surface area contributed by atoms with Crippen molar-refractivity contribution in [1.82, 2.24) is 4.72 Å². The molecule has 4 nitrogen and oxygen atoms in total. The Kier molecular flexibility index (Phi) is 3.07. The Morgan fingerprint density at radius 2 is 2.07 bits per heavy atom. The highest BCUT2D eigenvalue weighted by molar-refractivity contribution is 7.88. The summed E-state index contributed by atoms with van der Waals surface area (Å²) in [4.78, 5) is 0. The van der Waals surface area contributed by atoms with Crippen molar-refractivity contribution in [1.29, 1.82) is 0 Å². The monoisotopic (exact) mass is 218 g/mol. The summed E-state index contributed by atoms with van der Waals surface area (Å²) in [5, 5.41) is 0. The average Bonchev–Trinajstić information content (AvgIpc) is 1.97. The minimum atomic E-state index is -3.26. The molecule has 3 N–H and O–H groups in total. The number of anilines is 1. The lowest BCUT2D eigenvalue weighted by Gasteiger charge is -2.03. The molecule has 14 heavy (non-hydrogen) atoms. The molecule has 0 aliphatic heterocycles. The zero-order valence-electron chi connectivity index (χ0n) is 7.62. The van der Waals surface area contributed by atoms with Gasteiger partial charge in [-0.05, 0) is 23.8 Å². The van der Waals surface area contributed by atoms with Gasteiger partial charge in [0.05, 0.1) is 6.26 Å². The Morgan fingerprint density at radius 1 is 1.43 bits per heavy atom. The standard InChI is InChI=1S/C8H11FN2O2S/c1-14(12,13)11-5-6-2-7(9)4-8(10)3-6/h2-4,11H,5,10H2,1H3. The van der Waals surface area contributed by atoms with Crippen LogP contribution in [0.25, 0.3) is 0 Å². The summed E-state index contributed by atoms with van der Waals surface area (Å²) in [6.45, 7) is 0.0425. The number of rotatable bonds is 3. The lowest BCUT2D eigenvalue weighted by molar-refractivity contribution is 0.586. The van der Waals surface area contributed by atoms with E-state index in [4.69, 9.17) is 5.73 Å². The molecule has 78 valence electrons. The Morgan fingerprint density at radius 3 is 2.57 bits per heavy atom. The third-order valence-electron chi connectivity index (χ3n) is 1.52. The Hall–Kier alpha value is -1.14. The van der Waals surface area contributed by atoms with Gasteiger partial charge in [-0.1, -0.05) is 0 Å². The van der Waals surface area contributed by atoms with E-state index >= 15 is 0 Å². The summed E-state index contributed by atoms with van der Waals surface area (Å²) < 4.78 is 36.5. The van der Waals surface area contributed by atoms with Crippen molar-refractivity contribution in [2.45, 2.75) is 6.54 Å². The van der Waals surface area contributed by atoms with Gasteiger partial charge < -0.3 is 5.73 Å². The first-order chi connectivity index (χ1) is 6.37. The third kappa shape index (κ3) is 3.71. The molecule has 1 aromatic rings. The van der Waals surface area contributed by atoms with E-state index in [1.807, 2.05) is 0 Å². The number of nitrogens with one attached hydrogen (secondary N) is 1. The zero-order chi connectivity index (χ0) is 10.8. The maximum Gasteiger partial charge on any atom is 0.209 e. The molecule has 0 saturated heterocycles. The van der Waals surface area contributed by atoms with E-state index in [0.717, 1.165) is 6.26 Å². The fraction of sp³-hybridized carbons (Fsp3) is 0.250. The van der Waals surface area contributed by atoms with Crippen LogP contribution < -0.4 is 10.5 Å². The van der Waals surface area contributed by atoms with Gasteiger partial charge in [0.25, 0.3) is 0 Å². The lowest BCUT2D eigenvalue weighted by atomic mass is 10.2. The molecule has 1 aromatic carbocycles. The van der Waals surface area contributed by atoms with E-state index in [9.17, 15) is 12.8 Å². The van der Waals surface area contributed by atoms with Gasteiger partial charge in [0, 0.05) is 12.2 Å². The van der Waals surface area contributed by atoms with E-state index < -0.39 is 15.8 Å². The Labute approximate surface area is 82.0 Å². The molecule has 0 bridgehead atoms. The summed E-state index contributed by atoms with van der Waals surface area (Å²) in [6, 6.07) is 3.92. The molecule has 0 fully saturated rings. The van der Waals surface area contributed by atoms with Crippen LogP contribution in [-0.2, 0) is 16.6 Å². The number of sulfonamides is 1. The van der Waals surface area contributed by atoms with Crippen LogP contribution in [0.1, 0.15) is 5.56 Å². The molecule has 6 heteroatoms. The predicted molar refractivity (Wildman–Crippen MR) is 52.5 cm³/mol. The second-order valence-corrected chi connectivity index (χ2v) is 4.82. The fourth-order valence-electron chi connectivity index (χ4n) is 0.992. The van der Waals surface area contributed by atoms with E-state index in [1.54, 1.807) is 0 Å². The highest BCUT2D eigenvalue weighted by atomic mass is 32.2. The second kappa shape index (κ2) is 3.93. The van der Waals surface area contributed by atoms with E-state index in [0.29, 0.717) is 5.56 Å². The second-order valence-electron chi connectivity index (χ2n) is 2.99. The molecule has 0 radical (unpaired) electrons. The van der Waals surface area contributed by atoms with Crippen LogP contribution in [0, 0.1) is 5.82 Å². The molecular weight excluding hydrogens is 207 g/mol. The van der Waals surface area contributed by atoms with Crippen LogP contribution in [-0.4, -0.2) is 14.7 Å². The van der Waals surface area contributed by atoms with E-state index in [-0.39, 0.29) is 12.2 Å². The Bertz CT molecular complexity index is 411. The van der Waals surface area contributed by atoms with E-state index in [1.165, 1.54) is 18.2 Å². The van der Waals surface area contributed by atoms with Gasteiger partial charge in [0.1, 0.15) is 5.82 Å². The molecule has 1 rings (SSSR count). The number of hydrogen-bond acceptors (Lipinski definition) is 3. The lowest BCUT2D eigenvalue weighted by Crippen LogP contribution is -2.21. The van der Waals surface area contributed by atoms with Crippen LogP contribution >= 0.6 is 0 Å². The van der Waals surface area contributed by atoms with Gasteiger partial charge in [0.2, 0.25) is 10.0 Å². The number of nitrogens with two attached hydrogens (primary N) is 1. The molecular formula is C8H11FN2O2S. The number of nitrogen functional groups attached to an aromatic ring is 1. The first kappa shape index (κ1) is 10.9. The first-order valence-electron chi connectivity index (χ1n) is 3.86. The van der Waals surface area contributed by atoms with Crippen LogP contribution in [0.5, 0.6) is 0 Å². The van der Waals surface area contributed by atoms with E-state index in [2.05, 4.69) is 4.72 Å². The molecule has 0 aromatic heterocycles. The van der Waals surface area contributed by atoms with Gasteiger partial charge >= 0.3 is 0 Å². The Balaban J connectivity index is 2.78. The minimum Gasteiger partial charge on any atom is -0.399 e. The minimum absolute atomic E-state index is 0.0425. The highest BCUT2D eigenvalue weighted by Crippen LogP contribution is 2.10. The van der Waals surface area contributed by atoms with Crippen molar-refractivity contribution in [3.8, 4) is 0 Å². The summed E-state index contributed by atoms with van der Waals surface area (Å²) >= 11 is 0. The molecule has 0 heterocycles. The van der Waals surface area contributed by atoms with Crippen LogP contribution in [0.3, 0.4) is 0 Å². The number of hydrogen-bond donors (Lipinski definition) is 2. The summed E-state index contributed by atoms with van der Waals surface area (Å²) in [5.74, 6) is -0.477. The average molecular weight is 218 g/mol. The predicted octanol–water partition coefficient (Wildman–Crippen LogP) is 0.457. The van der Waals surface area contributed by atoms with Gasteiger partial charge in [-0.15, -0.1) is 0 Å². The largest absolute Gasteiger partial charge is 0.399 e. The van der Waals surface area contributed by atoms with Crippen molar-refractivity contribution in [2.24, 2.45) is 0 Å². The zero-order valence-corrected chi connectivity index (χ0v) is 8.44. The molecule has 0 saturated carbocycles. The van der Waals surface area contributed by atoms with Crippen LogP contribution in [0.15, 0.2) is 18.2 Å². The molecule has 0 aliphatic rings. The van der Waals surface area contributed by atoms with Crippen molar-refractivity contribution in [3.63, 3.8) is 0 Å². The first-order valence-corrected chi connectivity index (χ1v) is 5.75. The van der Waals surface area contributed by atoms with Crippen LogP contribution in [0.4, 0.5) is 10.1 Å². The SMILES string of the molecule is CS(=O)(=O)NCc1cc(N)cc(F)c1. The van der Waals surface area contributed by atoms with Crippen molar-refractivity contribution < 1.29 is 12.8 Å². The molecule has 0 atom stereocenters. The third-order valence-corrected chi connectivity index (χ3v) is 2.19. The summed E-state index contributed by atoms with van der Waals surface area (Å²) in [5.41, 5.74) is 6.15. The molecule has 0 unspecified atom stereocenters. The molecule has 0 amide bonds. The number of halogens is 1.